The fourth-order valence-corrected chi connectivity index (χ4v) is 3.13. The molecule has 4 heteroatoms. The predicted molar refractivity (Wildman–Crippen MR) is 79.6 cm³/mol. The summed E-state index contributed by atoms with van der Waals surface area (Å²) in [6, 6.07) is 8.25. The molecular formula is C16H24N2O2. The lowest BCUT2D eigenvalue weighted by molar-refractivity contribution is -0.133. The molecule has 0 spiro atoms. The summed E-state index contributed by atoms with van der Waals surface area (Å²) in [5.74, 6) is 0.0667. The Morgan fingerprint density at radius 1 is 1.45 bits per heavy atom. The van der Waals surface area contributed by atoms with E-state index in [2.05, 4.69) is 17.4 Å². The van der Waals surface area contributed by atoms with Crippen molar-refractivity contribution in [3.8, 4) is 0 Å². The number of amides is 1. The van der Waals surface area contributed by atoms with Crippen LogP contribution >= 0.6 is 0 Å². The van der Waals surface area contributed by atoms with Gasteiger partial charge in [-0.1, -0.05) is 24.3 Å². The van der Waals surface area contributed by atoms with Crippen molar-refractivity contribution in [2.24, 2.45) is 0 Å². The molecule has 4 nitrogen and oxygen atoms in total. The highest BCUT2D eigenvalue weighted by Gasteiger charge is 2.47. The van der Waals surface area contributed by atoms with Crippen LogP contribution in [0.15, 0.2) is 24.3 Å². The average Bonchev–Trinajstić information content (AvgIpc) is 2.79. The number of carbonyl (C=O) groups excluding carboxylic acids is 1. The normalized spacial score (nSPS) is 22.6. The Morgan fingerprint density at radius 2 is 2.15 bits per heavy atom. The van der Waals surface area contributed by atoms with E-state index in [9.17, 15) is 4.79 Å². The molecule has 1 aliphatic rings. The van der Waals surface area contributed by atoms with E-state index in [-0.39, 0.29) is 11.9 Å². The van der Waals surface area contributed by atoms with Gasteiger partial charge in [0.05, 0.1) is 6.61 Å². The number of methoxy groups -OCH3 is 1. The van der Waals surface area contributed by atoms with Crippen LogP contribution in [0.25, 0.3) is 0 Å². The fraction of sp³-hybridized carbons (Fsp3) is 0.562. The maximum Gasteiger partial charge on any atom is 0.245 e. The van der Waals surface area contributed by atoms with Gasteiger partial charge in [-0.25, -0.2) is 0 Å². The summed E-state index contributed by atoms with van der Waals surface area (Å²) < 4.78 is 5.10. The molecule has 1 aromatic carbocycles. The van der Waals surface area contributed by atoms with Crippen LogP contribution < -0.4 is 5.32 Å². The summed E-state index contributed by atoms with van der Waals surface area (Å²) in [7, 11) is 5.60. The summed E-state index contributed by atoms with van der Waals surface area (Å²) in [5.41, 5.74) is 1.85. The van der Waals surface area contributed by atoms with E-state index in [4.69, 9.17) is 4.74 Å². The summed E-state index contributed by atoms with van der Waals surface area (Å²) in [6.07, 6.45) is 1.77. The number of ether oxygens (including phenoxy) is 1. The van der Waals surface area contributed by atoms with E-state index in [1.165, 1.54) is 5.56 Å². The molecule has 0 aromatic heterocycles. The Bertz CT molecular complexity index is 487. The maximum atomic E-state index is 12.8. The van der Waals surface area contributed by atoms with Crippen LogP contribution in [0.1, 0.15) is 24.5 Å². The first-order valence-electron chi connectivity index (χ1n) is 7.08. The van der Waals surface area contributed by atoms with Crippen molar-refractivity contribution < 1.29 is 9.53 Å². The van der Waals surface area contributed by atoms with Crippen molar-refractivity contribution in [1.82, 2.24) is 10.2 Å². The molecule has 0 saturated carbocycles. The van der Waals surface area contributed by atoms with E-state index >= 15 is 0 Å². The quantitative estimate of drug-likeness (QED) is 0.887. The summed E-state index contributed by atoms with van der Waals surface area (Å²) in [5, 5.41) is 3.08. The molecule has 2 atom stereocenters. The van der Waals surface area contributed by atoms with Crippen molar-refractivity contribution >= 4 is 5.91 Å². The lowest BCUT2D eigenvalue weighted by Gasteiger charge is -2.36. The molecule has 0 bridgehead atoms. The number of hydrogen-bond acceptors (Lipinski definition) is 3. The summed E-state index contributed by atoms with van der Waals surface area (Å²) >= 11 is 0. The van der Waals surface area contributed by atoms with Crippen LogP contribution in [-0.4, -0.2) is 44.7 Å². The van der Waals surface area contributed by atoms with Crippen LogP contribution in [0.2, 0.25) is 0 Å². The molecule has 0 fully saturated rings. The number of nitrogens with zero attached hydrogens (tertiary/aromatic N) is 1. The number of carbonyl (C=O) groups is 1. The second kappa shape index (κ2) is 5.94. The Balaban J connectivity index is 2.31. The Morgan fingerprint density at radius 3 is 2.80 bits per heavy atom. The standard InChI is InChI=1S/C16H24N2O2/c1-12(11-20-4)17-15(19)16(18(2)3)10-9-13-7-5-6-8-14(13)16/h5-8,12H,9-11H2,1-4H3,(H,17,19). The third-order valence-corrected chi connectivity index (χ3v) is 4.15. The Kier molecular flexibility index (Phi) is 4.45. The topological polar surface area (TPSA) is 41.6 Å². The Labute approximate surface area is 121 Å². The number of aryl methyl sites for hydroxylation is 1. The van der Waals surface area contributed by atoms with Crippen molar-refractivity contribution in [1.29, 1.82) is 0 Å². The number of likely N-dealkylation sites (N-methyl/N-ethyl adjacent to an activating group) is 1. The molecule has 0 aliphatic heterocycles. The highest BCUT2D eigenvalue weighted by atomic mass is 16.5. The molecule has 20 heavy (non-hydrogen) atoms. The van der Waals surface area contributed by atoms with E-state index in [1.54, 1.807) is 7.11 Å². The van der Waals surface area contributed by atoms with Crippen LogP contribution in [0.3, 0.4) is 0 Å². The van der Waals surface area contributed by atoms with Gasteiger partial charge in [-0.15, -0.1) is 0 Å². The van der Waals surface area contributed by atoms with Crippen LogP contribution in [0, 0.1) is 0 Å². The van der Waals surface area contributed by atoms with Crippen LogP contribution in [0.4, 0.5) is 0 Å². The van der Waals surface area contributed by atoms with Gasteiger partial charge in [-0.05, 0) is 45.0 Å². The minimum absolute atomic E-state index is 0.0112. The highest BCUT2D eigenvalue weighted by molar-refractivity contribution is 5.89. The molecule has 1 aromatic rings. The van der Waals surface area contributed by atoms with Crippen LogP contribution in [-0.2, 0) is 21.5 Å². The number of rotatable bonds is 5. The molecule has 0 heterocycles. The van der Waals surface area contributed by atoms with Crippen molar-refractivity contribution in [3.05, 3.63) is 35.4 Å². The van der Waals surface area contributed by atoms with E-state index in [1.807, 2.05) is 38.1 Å². The highest BCUT2D eigenvalue weighted by Crippen LogP contribution is 2.40. The summed E-state index contributed by atoms with van der Waals surface area (Å²) in [6.45, 7) is 2.49. The predicted octanol–water partition coefficient (Wildman–Crippen LogP) is 1.54. The molecule has 2 unspecified atom stereocenters. The Hall–Kier alpha value is -1.39. The zero-order chi connectivity index (χ0) is 14.8. The van der Waals surface area contributed by atoms with E-state index in [0.717, 1.165) is 18.4 Å². The molecule has 1 amide bonds. The number of nitrogens with one attached hydrogen (secondary N) is 1. The van der Waals surface area contributed by atoms with Crippen molar-refractivity contribution in [2.45, 2.75) is 31.3 Å². The molecule has 0 saturated heterocycles. The fourth-order valence-electron chi connectivity index (χ4n) is 3.13. The van der Waals surface area contributed by atoms with Gasteiger partial charge in [0.1, 0.15) is 5.54 Å². The lowest BCUT2D eigenvalue weighted by Crippen LogP contribution is -2.54. The van der Waals surface area contributed by atoms with Gasteiger partial charge in [0, 0.05) is 13.2 Å². The SMILES string of the molecule is COCC(C)NC(=O)C1(N(C)C)CCc2ccccc21. The van der Waals surface area contributed by atoms with Gasteiger partial charge in [-0.2, -0.15) is 0 Å². The largest absolute Gasteiger partial charge is 0.383 e. The molecular weight excluding hydrogens is 252 g/mol. The first-order valence-corrected chi connectivity index (χ1v) is 7.08. The first-order chi connectivity index (χ1) is 9.52. The van der Waals surface area contributed by atoms with Gasteiger partial charge in [0.15, 0.2) is 0 Å². The number of hydrogen-bond donors (Lipinski definition) is 1. The monoisotopic (exact) mass is 276 g/mol. The molecule has 0 radical (unpaired) electrons. The third kappa shape index (κ3) is 2.45. The minimum Gasteiger partial charge on any atom is -0.383 e. The zero-order valence-electron chi connectivity index (χ0n) is 12.8. The molecule has 1 aliphatic carbocycles. The van der Waals surface area contributed by atoms with Gasteiger partial charge in [-0.3, -0.25) is 9.69 Å². The second-order valence-corrected chi connectivity index (χ2v) is 5.74. The third-order valence-electron chi connectivity index (χ3n) is 4.15. The van der Waals surface area contributed by atoms with Gasteiger partial charge in [0.25, 0.3) is 0 Å². The smallest absolute Gasteiger partial charge is 0.245 e. The maximum absolute atomic E-state index is 12.8. The van der Waals surface area contributed by atoms with Crippen molar-refractivity contribution in [3.63, 3.8) is 0 Å². The van der Waals surface area contributed by atoms with Crippen molar-refractivity contribution in [2.75, 3.05) is 27.8 Å². The molecule has 2 rings (SSSR count). The average molecular weight is 276 g/mol. The van der Waals surface area contributed by atoms with Crippen LogP contribution in [0.5, 0.6) is 0 Å². The van der Waals surface area contributed by atoms with Gasteiger partial charge >= 0.3 is 0 Å². The first kappa shape index (κ1) is 15.0. The molecule has 110 valence electrons. The zero-order valence-corrected chi connectivity index (χ0v) is 12.8. The van der Waals surface area contributed by atoms with E-state index in [0.29, 0.717) is 6.61 Å². The summed E-state index contributed by atoms with van der Waals surface area (Å²) in [4.78, 5) is 14.9. The van der Waals surface area contributed by atoms with E-state index < -0.39 is 5.54 Å². The van der Waals surface area contributed by atoms with Gasteiger partial charge < -0.3 is 10.1 Å². The second-order valence-electron chi connectivity index (χ2n) is 5.74. The number of fused-ring (bicyclic) bond motifs is 1. The molecule has 1 N–H and O–H groups in total. The lowest BCUT2D eigenvalue weighted by atomic mass is 9.89. The number of benzene rings is 1. The minimum atomic E-state index is -0.557. The van der Waals surface area contributed by atoms with Gasteiger partial charge in [0.2, 0.25) is 5.91 Å².